The van der Waals surface area contributed by atoms with Crippen LogP contribution in [0.1, 0.15) is 39.7 Å². The van der Waals surface area contributed by atoms with Crippen LogP contribution in [-0.2, 0) is 24.5 Å². The molecular formula is C26H36N2O4. The molecule has 0 aliphatic carbocycles. The fraction of sp³-hybridized carbons (Fsp3) is 0.462. The van der Waals surface area contributed by atoms with Crippen LogP contribution in [0.4, 0.5) is 5.69 Å². The molecular weight excluding hydrogens is 404 g/mol. The largest absolute Gasteiger partial charge is 0.462 e. The molecule has 0 saturated carbocycles. The summed E-state index contributed by atoms with van der Waals surface area (Å²) in [5, 5.41) is 0. The summed E-state index contributed by atoms with van der Waals surface area (Å²) in [6, 6.07) is 8.40. The summed E-state index contributed by atoms with van der Waals surface area (Å²) in [6.07, 6.45) is 0.677. The zero-order chi connectivity index (χ0) is 23.9. The van der Waals surface area contributed by atoms with Gasteiger partial charge in [-0.1, -0.05) is 51.8 Å². The normalized spacial score (nSPS) is 14.3. The molecule has 6 nitrogen and oxygen atoms in total. The van der Waals surface area contributed by atoms with Crippen LogP contribution in [0.15, 0.2) is 60.8 Å². The van der Waals surface area contributed by atoms with Crippen LogP contribution in [0.25, 0.3) is 0 Å². The fourth-order valence-corrected chi connectivity index (χ4v) is 3.67. The van der Waals surface area contributed by atoms with Gasteiger partial charge in [-0.05, 0) is 31.9 Å². The summed E-state index contributed by atoms with van der Waals surface area (Å²) in [5.41, 5.74) is 4.20. The maximum Gasteiger partial charge on any atom is 0.333 e. The lowest BCUT2D eigenvalue weighted by Gasteiger charge is -2.29. The van der Waals surface area contributed by atoms with Gasteiger partial charge in [0.25, 0.3) is 0 Å². The average molecular weight is 441 g/mol. The van der Waals surface area contributed by atoms with Crippen molar-refractivity contribution in [3.8, 4) is 0 Å². The lowest BCUT2D eigenvalue weighted by Crippen LogP contribution is -2.38. The SMILES string of the molecule is C=C(C)C(=O)OCCCN(CCOC(=O)C(=C)C)CCN1C(=C)C(C)(C)c2ccccc21. The number of hydrogen-bond donors (Lipinski definition) is 0. The first-order valence-corrected chi connectivity index (χ1v) is 11.0. The van der Waals surface area contributed by atoms with Gasteiger partial charge in [0, 0.05) is 54.1 Å². The summed E-state index contributed by atoms with van der Waals surface area (Å²) in [7, 11) is 0. The molecule has 0 unspecified atom stereocenters. The number of carbonyl (C=O) groups excluding carboxylic acids is 2. The van der Waals surface area contributed by atoms with Crippen LogP contribution >= 0.6 is 0 Å². The second kappa shape index (κ2) is 11.1. The minimum Gasteiger partial charge on any atom is -0.462 e. The number of nitrogens with zero attached hydrogens (tertiary/aromatic N) is 2. The first-order chi connectivity index (χ1) is 15.1. The molecule has 0 fully saturated rings. The van der Waals surface area contributed by atoms with E-state index in [-0.39, 0.29) is 24.0 Å². The number of para-hydroxylation sites is 1. The quantitative estimate of drug-likeness (QED) is 0.275. The van der Waals surface area contributed by atoms with E-state index in [9.17, 15) is 9.59 Å². The van der Waals surface area contributed by atoms with Crippen LogP contribution in [0.3, 0.4) is 0 Å². The topological polar surface area (TPSA) is 59.1 Å². The standard InChI is InChI=1S/C26H36N2O4/c1-19(2)24(29)31-17-10-13-27(16-18-32-25(30)20(3)4)14-15-28-21(5)26(6,7)22-11-8-9-12-23(22)28/h8-9,11-12H,1,3,5,10,13-18H2,2,4,6-7H3. The van der Waals surface area contributed by atoms with Gasteiger partial charge in [0.1, 0.15) is 6.61 Å². The summed E-state index contributed by atoms with van der Waals surface area (Å²) in [4.78, 5) is 27.8. The molecule has 174 valence electrons. The predicted molar refractivity (Wildman–Crippen MR) is 129 cm³/mol. The minimum atomic E-state index is -0.385. The summed E-state index contributed by atoms with van der Waals surface area (Å²) >= 11 is 0. The summed E-state index contributed by atoms with van der Waals surface area (Å²) < 4.78 is 10.5. The molecule has 2 rings (SSSR count). The van der Waals surface area contributed by atoms with Crippen molar-refractivity contribution in [1.29, 1.82) is 0 Å². The molecule has 0 N–H and O–H groups in total. The maximum atomic E-state index is 11.7. The first-order valence-electron chi connectivity index (χ1n) is 11.0. The highest BCUT2D eigenvalue weighted by molar-refractivity contribution is 5.87. The number of allylic oxidation sites excluding steroid dienone is 1. The lowest BCUT2D eigenvalue weighted by atomic mass is 9.84. The fourth-order valence-electron chi connectivity index (χ4n) is 3.67. The van der Waals surface area contributed by atoms with Crippen molar-refractivity contribution in [3.63, 3.8) is 0 Å². The van der Waals surface area contributed by atoms with E-state index in [1.165, 1.54) is 11.3 Å². The van der Waals surface area contributed by atoms with Gasteiger partial charge in [-0.25, -0.2) is 9.59 Å². The van der Waals surface area contributed by atoms with Crippen LogP contribution in [0.5, 0.6) is 0 Å². The van der Waals surface area contributed by atoms with E-state index in [0.717, 1.165) is 18.8 Å². The van der Waals surface area contributed by atoms with E-state index < -0.39 is 0 Å². The third kappa shape index (κ3) is 6.33. The molecule has 0 saturated heterocycles. The van der Waals surface area contributed by atoms with E-state index in [1.54, 1.807) is 13.8 Å². The molecule has 0 amide bonds. The maximum absolute atomic E-state index is 11.7. The van der Waals surface area contributed by atoms with E-state index in [4.69, 9.17) is 9.47 Å². The van der Waals surface area contributed by atoms with Gasteiger partial charge >= 0.3 is 11.9 Å². The van der Waals surface area contributed by atoms with Crippen LogP contribution < -0.4 is 4.90 Å². The highest BCUT2D eigenvalue weighted by Gasteiger charge is 2.38. The van der Waals surface area contributed by atoms with Gasteiger partial charge in [0.2, 0.25) is 0 Å². The molecule has 0 radical (unpaired) electrons. The van der Waals surface area contributed by atoms with Gasteiger partial charge in [0.05, 0.1) is 6.61 Å². The number of hydrogen-bond acceptors (Lipinski definition) is 6. The van der Waals surface area contributed by atoms with Gasteiger partial charge in [0.15, 0.2) is 0 Å². The molecule has 0 spiro atoms. The Bertz CT molecular complexity index is 888. The van der Waals surface area contributed by atoms with Crippen molar-refractivity contribution >= 4 is 17.6 Å². The summed E-state index contributed by atoms with van der Waals surface area (Å²) in [5.74, 6) is -0.761. The van der Waals surface area contributed by atoms with Gasteiger partial charge < -0.3 is 14.4 Å². The number of rotatable bonds is 12. The Hall–Kier alpha value is -2.86. The van der Waals surface area contributed by atoms with Crippen molar-refractivity contribution < 1.29 is 19.1 Å². The van der Waals surface area contributed by atoms with Crippen LogP contribution in [0.2, 0.25) is 0 Å². The van der Waals surface area contributed by atoms with Crippen molar-refractivity contribution in [2.45, 2.75) is 39.5 Å². The number of benzene rings is 1. The lowest BCUT2D eigenvalue weighted by molar-refractivity contribution is -0.140. The molecule has 0 bridgehead atoms. The Morgan fingerprint density at radius 2 is 1.56 bits per heavy atom. The van der Waals surface area contributed by atoms with Crippen LogP contribution in [0, 0.1) is 0 Å². The van der Waals surface area contributed by atoms with E-state index in [2.05, 4.69) is 61.6 Å². The first kappa shape index (κ1) is 25.4. The van der Waals surface area contributed by atoms with Gasteiger partial charge in [-0.2, -0.15) is 0 Å². The van der Waals surface area contributed by atoms with Crippen molar-refractivity contribution in [2.24, 2.45) is 0 Å². The monoisotopic (exact) mass is 440 g/mol. The Balaban J connectivity index is 1.98. The van der Waals surface area contributed by atoms with Crippen molar-refractivity contribution in [2.75, 3.05) is 44.3 Å². The Morgan fingerprint density at radius 1 is 0.969 bits per heavy atom. The third-order valence-corrected chi connectivity index (χ3v) is 5.74. The number of carbonyl (C=O) groups is 2. The zero-order valence-corrected chi connectivity index (χ0v) is 19.9. The molecule has 1 aliphatic heterocycles. The second-order valence-corrected chi connectivity index (χ2v) is 8.77. The van der Waals surface area contributed by atoms with Crippen molar-refractivity contribution in [3.05, 3.63) is 66.4 Å². The van der Waals surface area contributed by atoms with Crippen LogP contribution in [-0.4, -0.2) is 56.2 Å². The Kier molecular flexibility index (Phi) is 8.84. The molecule has 32 heavy (non-hydrogen) atoms. The van der Waals surface area contributed by atoms with Gasteiger partial charge in [-0.15, -0.1) is 0 Å². The summed E-state index contributed by atoms with van der Waals surface area (Å²) in [6.45, 7) is 22.6. The average Bonchev–Trinajstić information content (AvgIpc) is 2.94. The van der Waals surface area contributed by atoms with E-state index >= 15 is 0 Å². The molecule has 1 aromatic carbocycles. The van der Waals surface area contributed by atoms with E-state index in [0.29, 0.717) is 37.3 Å². The zero-order valence-electron chi connectivity index (χ0n) is 19.9. The number of ether oxygens (including phenoxy) is 2. The number of anilines is 1. The van der Waals surface area contributed by atoms with Crippen molar-refractivity contribution in [1.82, 2.24) is 4.90 Å². The smallest absolute Gasteiger partial charge is 0.333 e. The number of fused-ring (bicyclic) bond motifs is 1. The Labute approximate surface area is 192 Å². The molecule has 6 heteroatoms. The molecule has 1 aromatic rings. The highest BCUT2D eigenvalue weighted by atomic mass is 16.5. The van der Waals surface area contributed by atoms with Gasteiger partial charge in [-0.3, -0.25) is 4.90 Å². The molecule has 0 atom stereocenters. The minimum absolute atomic E-state index is 0.116. The number of esters is 2. The molecule has 1 heterocycles. The molecule has 1 aliphatic rings. The Morgan fingerprint density at radius 3 is 2.19 bits per heavy atom. The third-order valence-electron chi connectivity index (χ3n) is 5.74. The van der Waals surface area contributed by atoms with E-state index in [1.807, 2.05) is 6.07 Å². The predicted octanol–water partition coefficient (Wildman–Crippen LogP) is 4.23. The second-order valence-electron chi connectivity index (χ2n) is 8.77. The molecule has 0 aromatic heterocycles. The highest BCUT2D eigenvalue weighted by Crippen LogP contribution is 2.46.